The summed E-state index contributed by atoms with van der Waals surface area (Å²) in [5.74, 6) is 0.0336. The summed E-state index contributed by atoms with van der Waals surface area (Å²) in [4.78, 5) is 58.2. The van der Waals surface area contributed by atoms with Crippen LogP contribution in [0.4, 0.5) is 4.79 Å². The SMILES string of the molecule is O=C(NCCCCCC(O)(P(=O)(O)O)P(=O)(O)O)N[N+](=O)CCCl. The Hall–Kier alpha value is -0.580. The highest BCUT2D eigenvalue weighted by molar-refractivity contribution is 7.72. The van der Waals surface area contributed by atoms with Crippen LogP contribution in [0.25, 0.3) is 0 Å². The highest BCUT2D eigenvalue weighted by Gasteiger charge is 2.58. The van der Waals surface area contributed by atoms with Crippen molar-refractivity contribution in [1.29, 1.82) is 0 Å². The zero-order chi connectivity index (χ0) is 19.0. The molecule has 0 saturated carbocycles. The number of unbranched alkanes of at least 4 members (excludes halogenated alkanes) is 2. The first-order valence-corrected chi connectivity index (χ1v) is 10.5. The van der Waals surface area contributed by atoms with Gasteiger partial charge in [-0.05, 0) is 19.3 Å². The number of hydrazine groups is 1. The van der Waals surface area contributed by atoms with Crippen LogP contribution >= 0.6 is 26.8 Å². The number of nitroso groups, excluding NO2 is 1. The van der Waals surface area contributed by atoms with Gasteiger partial charge in [0.25, 0.3) is 5.08 Å². The van der Waals surface area contributed by atoms with E-state index in [1.165, 1.54) is 0 Å². The number of rotatable bonds is 11. The Bertz CT molecular complexity index is 512. The number of nitrogens with zero attached hydrogens (tertiary/aromatic N) is 1. The van der Waals surface area contributed by atoms with Gasteiger partial charge in [0.1, 0.15) is 4.87 Å². The molecular formula is C9H21ClN3O9P2+. The second kappa shape index (κ2) is 9.79. The number of halogens is 1. The Morgan fingerprint density at radius 1 is 1.08 bits per heavy atom. The van der Waals surface area contributed by atoms with Gasteiger partial charge in [0.2, 0.25) is 6.54 Å². The first-order valence-electron chi connectivity index (χ1n) is 6.74. The maximum Gasteiger partial charge on any atom is 0.371 e. The first-order chi connectivity index (χ1) is 10.8. The van der Waals surface area contributed by atoms with Crippen LogP contribution in [0, 0.1) is 4.91 Å². The molecule has 0 aromatic rings. The van der Waals surface area contributed by atoms with Crippen LogP contribution in [0.1, 0.15) is 25.7 Å². The summed E-state index contributed by atoms with van der Waals surface area (Å²) >= 11 is 5.30. The summed E-state index contributed by atoms with van der Waals surface area (Å²) in [5, 5.41) is 8.53. The fraction of sp³-hybridized carbons (Fsp3) is 0.889. The van der Waals surface area contributed by atoms with Crippen LogP contribution in [-0.2, 0) is 9.13 Å². The monoisotopic (exact) mass is 412 g/mol. The molecule has 7 N–H and O–H groups in total. The van der Waals surface area contributed by atoms with E-state index in [9.17, 15) is 23.9 Å². The molecule has 0 bridgehead atoms. The molecular weight excluding hydrogens is 392 g/mol. The molecule has 0 saturated heterocycles. The second-order valence-corrected chi connectivity index (χ2v) is 9.22. The average molecular weight is 413 g/mol. The standard InChI is InChI=1S/C9H20ClN3O9P2/c10-5-7-13(16)12-8(14)11-6-3-1-2-4-9(15,23(17,18)19)24(20,21)22/h15H,1-7H2,(H5-,11,12,14,16,17,18,19,20,21,22)/p+1. The van der Waals surface area contributed by atoms with Gasteiger partial charge in [-0.15, -0.1) is 11.6 Å². The van der Waals surface area contributed by atoms with Gasteiger partial charge >= 0.3 is 21.2 Å². The van der Waals surface area contributed by atoms with E-state index in [-0.39, 0.29) is 36.7 Å². The fourth-order valence-electron chi connectivity index (χ4n) is 1.61. The van der Waals surface area contributed by atoms with Crippen LogP contribution in [-0.4, -0.2) is 59.6 Å². The lowest BCUT2D eigenvalue weighted by Gasteiger charge is -2.29. The predicted octanol–water partition coefficient (Wildman–Crippen LogP) is -0.220. The molecule has 0 heterocycles. The van der Waals surface area contributed by atoms with Crippen molar-refractivity contribution < 1.29 is 43.5 Å². The summed E-state index contributed by atoms with van der Waals surface area (Å²) < 4.78 is 22.2. The molecule has 0 atom stereocenters. The largest absolute Gasteiger partial charge is 0.371 e. The molecule has 0 aliphatic heterocycles. The Morgan fingerprint density at radius 2 is 1.62 bits per heavy atom. The van der Waals surface area contributed by atoms with Crippen molar-refractivity contribution in [3.05, 3.63) is 4.91 Å². The molecule has 0 aromatic carbocycles. The minimum atomic E-state index is -5.44. The molecule has 0 spiro atoms. The Labute approximate surface area is 142 Å². The third-order valence-corrected chi connectivity index (χ3v) is 6.97. The number of nitrogens with one attached hydrogen (secondary N) is 2. The number of hydrogen-bond acceptors (Lipinski definition) is 5. The van der Waals surface area contributed by atoms with Gasteiger partial charge in [-0.1, -0.05) is 11.8 Å². The molecule has 2 amide bonds. The van der Waals surface area contributed by atoms with Crippen molar-refractivity contribution in [3.63, 3.8) is 0 Å². The summed E-state index contributed by atoms with van der Waals surface area (Å²) in [5.41, 5.74) is 1.93. The maximum atomic E-state index is 11.2. The van der Waals surface area contributed by atoms with Crippen LogP contribution in [0.2, 0.25) is 0 Å². The molecule has 142 valence electrons. The van der Waals surface area contributed by atoms with Crippen LogP contribution in [0.15, 0.2) is 0 Å². The quantitative estimate of drug-likeness (QED) is 0.0788. The van der Waals surface area contributed by atoms with Crippen LogP contribution < -0.4 is 10.7 Å². The van der Waals surface area contributed by atoms with E-state index in [1.807, 2.05) is 5.43 Å². The highest BCUT2D eigenvalue weighted by atomic mass is 35.5. The maximum absolute atomic E-state index is 11.2. The van der Waals surface area contributed by atoms with Crippen molar-refractivity contribution >= 4 is 32.8 Å². The minimum Gasteiger partial charge on any atom is -0.368 e. The Balaban J connectivity index is 4.17. The minimum absolute atomic E-state index is 0.0336. The smallest absolute Gasteiger partial charge is 0.368 e. The normalized spacial score (nSPS) is 12.8. The van der Waals surface area contributed by atoms with Crippen molar-refractivity contribution in [3.8, 4) is 0 Å². The second-order valence-electron chi connectivity index (χ2n) is 4.83. The lowest BCUT2D eigenvalue weighted by atomic mass is 10.2. The lowest BCUT2D eigenvalue weighted by Crippen LogP contribution is -2.42. The van der Waals surface area contributed by atoms with E-state index in [1.54, 1.807) is 0 Å². The predicted molar refractivity (Wildman–Crippen MR) is 83.3 cm³/mol. The van der Waals surface area contributed by atoms with E-state index in [4.69, 9.17) is 31.2 Å². The van der Waals surface area contributed by atoms with E-state index in [0.29, 0.717) is 6.42 Å². The number of alkyl halides is 1. The zero-order valence-corrected chi connectivity index (χ0v) is 15.1. The number of aliphatic hydroxyl groups is 1. The van der Waals surface area contributed by atoms with Gasteiger partial charge in [-0.25, -0.2) is 4.79 Å². The highest BCUT2D eigenvalue weighted by Crippen LogP contribution is 2.69. The first kappa shape index (κ1) is 23.4. The molecule has 0 aliphatic rings. The van der Waals surface area contributed by atoms with Gasteiger partial charge < -0.3 is 30.0 Å². The number of carbonyl (C=O) groups excluding carboxylic acids is 1. The third kappa shape index (κ3) is 7.54. The van der Waals surface area contributed by atoms with Crippen molar-refractivity contribution in [2.45, 2.75) is 30.8 Å². The molecule has 24 heavy (non-hydrogen) atoms. The molecule has 12 nitrogen and oxygen atoms in total. The third-order valence-electron chi connectivity index (χ3n) is 2.92. The van der Waals surface area contributed by atoms with Gasteiger partial charge in [0.05, 0.1) is 10.8 Å². The molecule has 0 rings (SSSR count). The topological polar surface area (TPSA) is 196 Å². The van der Waals surface area contributed by atoms with E-state index < -0.39 is 32.7 Å². The van der Waals surface area contributed by atoms with E-state index >= 15 is 0 Å². The molecule has 0 radical (unpaired) electrons. The zero-order valence-electron chi connectivity index (χ0n) is 12.5. The molecule has 0 aliphatic carbocycles. The van der Waals surface area contributed by atoms with Gasteiger partial charge in [-0.2, -0.15) is 0 Å². The van der Waals surface area contributed by atoms with E-state index in [2.05, 4.69) is 5.32 Å². The number of urea groups is 1. The van der Waals surface area contributed by atoms with Gasteiger partial charge in [0.15, 0.2) is 0 Å². The molecule has 0 fully saturated rings. The summed E-state index contributed by atoms with van der Waals surface area (Å²) in [6, 6.07) is -0.767. The Kier molecular flexibility index (Phi) is 9.55. The van der Waals surface area contributed by atoms with E-state index in [0.717, 1.165) is 0 Å². The Morgan fingerprint density at radius 3 is 2.08 bits per heavy atom. The lowest BCUT2D eigenvalue weighted by molar-refractivity contribution is -0.588. The van der Waals surface area contributed by atoms with Gasteiger partial charge in [0, 0.05) is 6.54 Å². The number of amides is 2. The average Bonchev–Trinajstić information content (AvgIpc) is 2.39. The number of hydrogen-bond donors (Lipinski definition) is 7. The van der Waals surface area contributed by atoms with Crippen molar-refractivity contribution in [1.82, 2.24) is 10.7 Å². The fourth-order valence-corrected chi connectivity index (χ4v) is 4.02. The summed E-state index contributed by atoms with van der Waals surface area (Å²) in [6.45, 7) is 0.00308. The van der Waals surface area contributed by atoms with Crippen molar-refractivity contribution in [2.24, 2.45) is 0 Å². The summed E-state index contributed by atoms with van der Waals surface area (Å²) in [6.07, 6.45) is -0.403. The van der Waals surface area contributed by atoms with Gasteiger partial charge in [-0.3, -0.25) is 9.13 Å². The molecule has 0 unspecified atom stereocenters. The molecule has 15 heteroatoms. The van der Waals surface area contributed by atoms with Crippen molar-refractivity contribution in [2.75, 3.05) is 19.0 Å². The summed E-state index contributed by atoms with van der Waals surface area (Å²) in [7, 11) is -10.9. The number of carbonyl (C=O) groups is 1. The molecule has 0 aromatic heterocycles. The van der Waals surface area contributed by atoms with Crippen LogP contribution in [0.3, 0.4) is 0 Å². The van der Waals surface area contributed by atoms with Crippen LogP contribution in [0.5, 0.6) is 0 Å².